The number of likely N-dealkylation sites (N-methyl/N-ethyl adjacent to an activating group) is 1. The maximum absolute atomic E-state index is 13.8. The van der Waals surface area contributed by atoms with E-state index in [1.54, 1.807) is 50.2 Å². The van der Waals surface area contributed by atoms with Crippen molar-refractivity contribution in [3.8, 4) is 5.75 Å². The summed E-state index contributed by atoms with van der Waals surface area (Å²) in [6.07, 6.45) is 0. The summed E-state index contributed by atoms with van der Waals surface area (Å²) in [5.74, 6) is -0.249. The van der Waals surface area contributed by atoms with Gasteiger partial charge in [0.25, 0.3) is 10.0 Å². The Balaban J connectivity index is 2.02. The van der Waals surface area contributed by atoms with Gasteiger partial charge in [-0.05, 0) is 74.9 Å². The number of carbonyl (C=O) groups excluding carboxylic acids is 2. The van der Waals surface area contributed by atoms with Crippen LogP contribution in [0.25, 0.3) is 0 Å². The molecule has 1 atom stereocenters. The molecule has 0 saturated carbocycles. The Hall–Kier alpha value is -3.37. The molecule has 0 saturated heterocycles. The lowest BCUT2D eigenvalue weighted by Gasteiger charge is -2.32. The third-order valence-electron chi connectivity index (χ3n) is 5.83. The molecule has 3 aromatic rings. The van der Waals surface area contributed by atoms with E-state index in [1.807, 2.05) is 37.3 Å². The summed E-state index contributed by atoms with van der Waals surface area (Å²) in [5.41, 5.74) is 1.12. The van der Waals surface area contributed by atoms with Crippen LogP contribution in [0.5, 0.6) is 5.75 Å². The zero-order valence-electron chi connectivity index (χ0n) is 21.6. The summed E-state index contributed by atoms with van der Waals surface area (Å²) < 4.78 is 34.9. The molecule has 0 radical (unpaired) electrons. The second kappa shape index (κ2) is 13.4. The van der Waals surface area contributed by atoms with E-state index in [1.165, 1.54) is 17.0 Å². The number of amides is 2. The minimum atomic E-state index is -4.13. The van der Waals surface area contributed by atoms with Crippen molar-refractivity contribution in [3.63, 3.8) is 0 Å². The van der Waals surface area contributed by atoms with E-state index in [-0.39, 0.29) is 17.3 Å². The quantitative estimate of drug-likeness (QED) is 0.327. The van der Waals surface area contributed by atoms with E-state index >= 15 is 0 Å². The first-order valence-electron chi connectivity index (χ1n) is 12.3. The van der Waals surface area contributed by atoms with Crippen molar-refractivity contribution < 1.29 is 22.7 Å². The second-order valence-corrected chi connectivity index (χ2v) is 11.2. The highest BCUT2D eigenvalue weighted by atomic mass is 79.9. The molecule has 0 aliphatic carbocycles. The largest absolute Gasteiger partial charge is 0.494 e. The van der Waals surface area contributed by atoms with Gasteiger partial charge in [0.15, 0.2) is 0 Å². The lowest BCUT2D eigenvalue weighted by Crippen LogP contribution is -2.51. The van der Waals surface area contributed by atoms with E-state index in [2.05, 4.69) is 21.2 Å². The number of rotatable bonds is 12. The summed E-state index contributed by atoms with van der Waals surface area (Å²) in [6.45, 7) is 5.81. The number of ether oxygens (including phenoxy) is 1. The lowest BCUT2D eigenvalue weighted by molar-refractivity contribution is -0.139. The van der Waals surface area contributed by atoms with Gasteiger partial charge in [0.05, 0.1) is 17.2 Å². The molecule has 38 heavy (non-hydrogen) atoms. The molecule has 202 valence electrons. The topological polar surface area (TPSA) is 96.0 Å². The Bertz CT molecular complexity index is 1320. The maximum atomic E-state index is 13.8. The molecule has 0 spiro atoms. The van der Waals surface area contributed by atoms with Crippen molar-refractivity contribution in [2.24, 2.45) is 0 Å². The van der Waals surface area contributed by atoms with E-state index in [4.69, 9.17) is 4.74 Å². The Morgan fingerprint density at radius 3 is 2.16 bits per heavy atom. The number of carbonyl (C=O) groups is 2. The number of nitrogens with one attached hydrogen (secondary N) is 1. The fourth-order valence-corrected chi connectivity index (χ4v) is 5.50. The van der Waals surface area contributed by atoms with Crippen LogP contribution in [0.15, 0.2) is 88.2 Å². The fraction of sp³-hybridized carbons (Fsp3) is 0.286. The predicted molar refractivity (Wildman–Crippen MR) is 151 cm³/mol. The van der Waals surface area contributed by atoms with E-state index < -0.39 is 28.5 Å². The van der Waals surface area contributed by atoms with Crippen molar-refractivity contribution in [1.29, 1.82) is 0 Å². The molecular formula is C28H32BrN3O5S. The molecule has 0 aromatic heterocycles. The van der Waals surface area contributed by atoms with Crippen molar-refractivity contribution in [2.75, 3.05) is 24.0 Å². The van der Waals surface area contributed by atoms with Crippen molar-refractivity contribution in [2.45, 2.75) is 38.3 Å². The first kappa shape index (κ1) is 29.2. The van der Waals surface area contributed by atoms with Gasteiger partial charge in [-0.1, -0.05) is 46.3 Å². The highest BCUT2D eigenvalue weighted by molar-refractivity contribution is 9.10. The smallest absolute Gasteiger partial charge is 0.264 e. The molecule has 3 aromatic carbocycles. The summed E-state index contributed by atoms with van der Waals surface area (Å²) in [6, 6.07) is 21.2. The molecule has 1 N–H and O–H groups in total. The molecule has 0 aliphatic heterocycles. The first-order chi connectivity index (χ1) is 18.2. The van der Waals surface area contributed by atoms with Crippen LogP contribution in [0.4, 0.5) is 5.69 Å². The van der Waals surface area contributed by atoms with Crippen LogP contribution in [0.2, 0.25) is 0 Å². The Morgan fingerprint density at radius 1 is 0.947 bits per heavy atom. The standard InChI is InChI=1S/C28H32BrN3O5S/c1-4-30-28(34)21(3)31(19-22-9-7-6-8-10-22)27(33)20-32(24-13-15-25(16-14-24)37-5-2)38(35,36)26-17-11-23(29)12-18-26/h6-18,21H,4-5,19-20H2,1-3H3,(H,30,34)/t21-/m0/s1. The van der Waals surface area contributed by atoms with E-state index in [0.717, 1.165) is 14.3 Å². The number of sulfonamides is 1. The van der Waals surface area contributed by atoms with E-state index in [9.17, 15) is 18.0 Å². The molecule has 2 amide bonds. The predicted octanol–water partition coefficient (Wildman–Crippen LogP) is 4.60. The molecule has 10 heteroatoms. The van der Waals surface area contributed by atoms with Crippen LogP contribution in [0.1, 0.15) is 26.3 Å². The minimum absolute atomic E-state index is 0.0359. The van der Waals surface area contributed by atoms with Crippen LogP contribution in [0.3, 0.4) is 0 Å². The minimum Gasteiger partial charge on any atom is -0.494 e. The highest BCUT2D eigenvalue weighted by Crippen LogP contribution is 2.27. The highest BCUT2D eigenvalue weighted by Gasteiger charge is 2.32. The van der Waals surface area contributed by atoms with Crippen LogP contribution >= 0.6 is 15.9 Å². The number of hydrogen-bond donors (Lipinski definition) is 1. The summed E-state index contributed by atoms with van der Waals surface area (Å²) in [5, 5.41) is 2.75. The summed E-state index contributed by atoms with van der Waals surface area (Å²) in [7, 11) is -4.13. The third kappa shape index (κ3) is 7.35. The summed E-state index contributed by atoms with van der Waals surface area (Å²) >= 11 is 3.33. The van der Waals surface area contributed by atoms with Crippen molar-refractivity contribution >= 4 is 43.5 Å². The molecular weight excluding hydrogens is 570 g/mol. The van der Waals surface area contributed by atoms with Crippen LogP contribution in [-0.4, -0.2) is 50.9 Å². The fourth-order valence-electron chi connectivity index (χ4n) is 3.82. The molecule has 0 heterocycles. The molecule has 0 fully saturated rings. The van der Waals surface area contributed by atoms with Crippen LogP contribution in [-0.2, 0) is 26.2 Å². The first-order valence-corrected chi connectivity index (χ1v) is 14.5. The average molecular weight is 603 g/mol. The second-order valence-electron chi connectivity index (χ2n) is 8.47. The van der Waals surface area contributed by atoms with Gasteiger partial charge < -0.3 is 15.0 Å². The van der Waals surface area contributed by atoms with Gasteiger partial charge in [-0.3, -0.25) is 13.9 Å². The van der Waals surface area contributed by atoms with Crippen molar-refractivity contribution in [3.05, 3.63) is 88.9 Å². The Morgan fingerprint density at radius 2 is 1.58 bits per heavy atom. The van der Waals surface area contributed by atoms with Gasteiger partial charge in [-0.25, -0.2) is 8.42 Å². The SMILES string of the molecule is CCNC(=O)[C@H](C)N(Cc1ccccc1)C(=O)CN(c1ccc(OCC)cc1)S(=O)(=O)c1ccc(Br)cc1. The van der Waals surface area contributed by atoms with Gasteiger partial charge in [0, 0.05) is 17.6 Å². The van der Waals surface area contributed by atoms with Crippen molar-refractivity contribution in [1.82, 2.24) is 10.2 Å². The summed E-state index contributed by atoms with van der Waals surface area (Å²) in [4.78, 5) is 28.0. The van der Waals surface area contributed by atoms with Gasteiger partial charge in [0.2, 0.25) is 11.8 Å². The molecule has 0 bridgehead atoms. The van der Waals surface area contributed by atoms with Crippen LogP contribution < -0.4 is 14.4 Å². The number of benzene rings is 3. The zero-order chi connectivity index (χ0) is 27.7. The molecule has 0 aliphatic rings. The monoisotopic (exact) mass is 601 g/mol. The number of halogens is 1. The van der Waals surface area contributed by atoms with Gasteiger partial charge in [0.1, 0.15) is 18.3 Å². The lowest BCUT2D eigenvalue weighted by atomic mass is 10.1. The van der Waals surface area contributed by atoms with Crippen LogP contribution in [0, 0.1) is 0 Å². The number of nitrogens with zero attached hydrogens (tertiary/aromatic N) is 2. The maximum Gasteiger partial charge on any atom is 0.264 e. The number of anilines is 1. The van der Waals surface area contributed by atoms with Gasteiger partial charge in [-0.2, -0.15) is 0 Å². The zero-order valence-corrected chi connectivity index (χ0v) is 24.0. The van der Waals surface area contributed by atoms with Gasteiger partial charge in [-0.15, -0.1) is 0 Å². The molecule has 0 unspecified atom stereocenters. The normalized spacial score (nSPS) is 11.9. The molecule has 3 rings (SSSR count). The van der Waals surface area contributed by atoms with E-state index in [0.29, 0.717) is 24.6 Å². The number of hydrogen-bond acceptors (Lipinski definition) is 5. The Labute approximate surface area is 232 Å². The Kier molecular flexibility index (Phi) is 10.3. The average Bonchev–Trinajstić information content (AvgIpc) is 2.91. The third-order valence-corrected chi connectivity index (χ3v) is 8.15. The van der Waals surface area contributed by atoms with Gasteiger partial charge >= 0.3 is 0 Å². The molecule has 8 nitrogen and oxygen atoms in total.